The molecule has 0 aliphatic rings. The van der Waals surface area contributed by atoms with Gasteiger partial charge in [-0.2, -0.15) is 5.10 Å². The highest BCUT2D eigenvalue weighted by molar-refractivity contribution is 9.10. The van der Waals surface area contributed by atoms with Gasteiger partial charge in [-0.15, -0.1) is 0 Å². The van der Waals surface area contributed by atoms with E-state index in [1.165, 1.54) is 12.3 Å². The van der Waals surface area contributed by atoms with E-state index in [1.54, 1.807) is 36.4 Å². The average Bonchev–Trinajstić information content (AvgIpc) is 2.51. The molecule has 2 amide bonds. The molecule has 2 aromatic carbocycles. The first-order valence-electron chi connectivity index (χ1n) is 6.70. The van der Waals surface area contributed by atoms with Crippen molar-refractivity contribution in [3.8, 4) is 5.75 Å². The van der Waals surface area contributed by atoms with E-state index in [9.17, 15) is 14.7 Å². The van der Waals surface area contributed by atoms with Crippen molar-refractivity contribution >= 4 is 39.6 Å². The Morgan fingerprint density at radius 2 is 1.87 bits per heavy atom. The zero-order valence-corrected chi connectivity index (χ0v) is 13.6. The number of anilines is 1. The highest BCUT2D eigenvalue weighted by Gasteiger charge is 2.08. The Balaban J connectivity index is 1.84. The summed E-state index contributed by atoms with van der Waals surface area (Å²) >= 11 is 3.27. The second-order valence-electron chi connectivity index (χ2n) is 4.59. The van der Waals surface area contributed by atoms with Crippen molar-refractivity contribution < 1.29 is 14.7 Å². The van der Waals surface area contributed by atoms with E-state index >= 15 is 0 Å². The average molecular weight is 376 g/mol. The summed E-state index contributed by atoms with van der Waals surface area (Å²) < 4.78 is 0.769. The number of nitrogens with zero attached hydrogens (tertiary/aromatic N) is 1. The molecule has 0 aromatic heterocycles. The van der Waals surface area contributed by atoms with Crippen LogP contribution in [-0.2, 0) is 9.59 Å². The van der Waals surface area contributed by atoms with E-state index in [0.717, 1.165) is 4.47 Å². The van der Waals surface area contributed by atoms with Crippen molar-refractivity contribution in [1.82, 2.24) is 5.43 Å². The molecule has 0 spiro atoms. The van der Waals surface area contributed by atoms with E-state index in [4.69, 9.17) is 0 Å². The third-order valence-corrected chi connectivity index (χ3v) is 3.25. The summed E-state index contributed by atoms with van der Waals surface area (Å²) in [5.74, 6) is -0.952. The van der Waals surface area contributed by atoms with Gasteiger partial charge in [0.1, 0.15) is 12.2 Å². The number of hydrogen-bond acceptors (Lipinski definition) is 4. The van der Waals surface area contributed by atoms with Crippen LogP contribution in [0.1, 0.15) is 12.0 Å². The highest BCUT2D eigenvalue weighted by Crippen LogP contribution is 2.19. The molecule has 0 unspecified atom stereocenters. The topological polar surface area (TPSA) is 90.8 Å². The van der Waals surface area contributed by atoms with Crippen LogP contribution in [0.2, 0.25) is 0 Å². The van der Waals surface area contributed by atoms with Gasteiger partial charge in [-0.1, -0.05) is 34.1 Å². The van der Waals surface area contributed by atoms with Gasteiger partial charge in [-0.3, -0.25) is 9.59 Å². The molecule has 0 saturated heterocycles. The number of benzene rings is 2. The van der Waals surface area contributed by atoms with Gasteiger partial charge in [0, 0.05) is 15.7 Å². The van der Waals surface area contributed by atoms with Crippen LogP contribution >= 0.6 is 15.9 Å². The minimum absolute atomic E-state index is 0.0352. The molecule has 0 heterocycles. The summed E-state index contributed by atoms with van der Waals surface area (Å²) in [6.07, 6.45) is 0.948. The fraction of sp³-hybridized carbons (Fsp3) is 0.0625. The molecule has 3 N–H and O–H groups in total. The number of halogens is 1. The predicted octanol–water partition coefficient (Wildman–Crippen LogP) is 2.63. The predicted molar refractivity (Wildman–Crippen MR) is 91.2 cm³/mol. The summed E-state index contributed by atoms with van der Waals surface area (Å²) in [7, 11) is 0. The molecule has 0 radical (unpaired) electrons. The van der Waals surface area contributed by atoms with Crippen LogP contribution in [0.25, 0.3) is 0 Å². The molecule has 0 fully saturated rings. The third-order valence-electron chi connectivity index (χ3n) is 2.76. The van der Waals surface area contributed by atoms with E-state index < -0.39 is 11.8 Å². The smallest absolute Gasteiger partial charge is 0.249 e. The van der Waals surface area contributed by atoms with Crippen molar-refractivity contribution in [2.24, 2.45) is 5.10 Å². The molecule has 0 atom stereocenters. The molecule has 2 rings (SSSR count). The molecular weight excluding hydrogens is 362 g/mol. The standard InChI is InChI=1S/C16H14BrN3O3/c17-12-6-7-14(21)11(8-12)10-18-20-16(23)9-15(22)19-13-4-2-1-3-5-13/h1-8,10,21H,9H2,(H,19,22)(H,20,23)/b18-10+. The summed E-state index contributed by atoms with van der Waals surface area (Å²) in [4.78, 5) is 23.3. The zero-order chi connectivity index (χ0) is 16.7. The van der Waals surface area contributed by atoms with Crippen LogP contribution in [0.3, 0.4) is 0 Å². The maximum atomic E-state index is 11.7. The second-order valence-corrected chi connectivity index (χ2v) is 5.50. The number of aromatic hydroxyl groups is 1. The number of rotatable bonds is 5. The molecule has 118 valence electrons. The molecule has 7 heteroatoms. The molecule has 0 saturated carbocycles. The van der Waals surface area contributed by atoms with Gasteiger partial charge >= 0.3 is 0 Å². The number of amides is 2. The fourth-order valence-corrected chi connectivity index (χ4v) is 2.09. The summed E-state index contributed by atoms with van der Waals surface area (Å²) in [6, 6.07) is 13.7. The largest absolute Gasteiger partial charge is 0.507 e. The Morgan fingerprint density at radius 1 is 1.13 bits per heavy atom. The van der Waals surface area contributed by atoms with Gasteiger partial charge in [0.2, 0.25) is 11.8 Å². The van der Waals surface area contributed by atoms with Gasteiger partial charge in [-0.05, 0) is 30.3 Å². The van der Waals surface area contributed by atoms with E-state index in [0.29, 0.717) is 11.3 Å². The normalized spacial score (nSPS) is 10.5. The number of hydrazone groups is 1. The quantitative estimate of drug-likeness (QED) is 0.426. The van der Waals surface area contributed by atoms with Crippen LogP contribution in [-0.4, -0.2) is 23.1 Å². The van der Waals surface area contributed by atoms with Gasteiger partial charge in [-0.25, -0.2) is 5.43 Å². The first-order valence-corrected chi connectivity index (χ1v) is 7.49. The maximum Gasteiger partial charge on any atom is 0.249 e. The Morgan fingerprint density at radius 3 is 2.61 bits per heavy atom. The van der Waals surface area contributed by atoms with E-state index in [1.807, 2.05) is 6.07 Å². The molecule has 0 aliphatic carbocycles. The summed E-state index contributed by atoms with van der Waals surface area (Å²) in [5, 5.41) is 15.9. The van der Waals surface area contributed by atoms with Gasteiger partial charge in [0.15, 0.2) is 0 Å². The van der Waals surface area contributed by atoms with Gasteiger partial charge in [0.25, 0.3) is 0 Å². The lowest BCUT2D eigenvalue weighted by atomic mass is 10.2. The molecule has 0 bridgehead atoms. The van der Waals surface area contributed by atoms with Crippen molar-refractivity contribution in [2.75, 3.05) is 5.32 Å². The Labute approximate surface area is 141 Å². The summed E-state index contributed by atoms with van der Waals surface area (Å²) in [6.45, 7) is 0. The van der Waals surface area contributed by atoms with Crippen LogP contribution in [0.5, 0.6) is 5.75 Å². The lowest BCUT2D eigenvalue weighted by molar-refractivity contribution is -0.126. The first kappa shape index (κ1) is 16.7. The first-order chi connectivity index (χ1) is 11.0. The number of hydrogen-bond donors (Lipinski definition) is 3. The SMILES string of the molecule is O=C(CC(=O)Nc1ccccc1)N/N=C/c1cc(Br)ccc1O. The molecule has 0 aliphatic heterocycles. The van der Waals surface area contributed by atoms with Crippen molar-refractivity contribution in [2.45, 2.75) is 6.42 Å². The van der Waals surface area contributed by atoms with Crippen LogP contribution in [0.4, 0.5) is 5.69 Å². The highest BCUT2D eigenvalue weighted by atomic mass is 79.9. The van der Waals surface area contributed by atoms with Crippen LogP contribution in [0, 0.1) is 0 Å². The molecular formula is C16H14BrN3O3. The number of nitrogens with one attached hydrogen (secondary N) is 2. The lowest BCUT2D eigenvalue weighted by Gasteiger charge is -2.04. The molecule has 2 aromatic rings. The maximum absolute atomic E-state index is 11.7. The minimum atomic E-state index is -0.552. The Bertz CT molecular complexity index is 733. The van der Waals surface area contributed by atoms with Crippen molar-refractivity contribution in [3.63, 3.8) is 0 Å². The Kier molecular flexibility index (Phi) is 5.87. The number of phenolic OH excluding ortho intramolecular Hbond substituents is 1. The van der Waals surface area contributed by atoms with Crippen LogP contribution in [0.15, 0.2) is 58.1 Å². The van der Waals surface area contributed by atoms with Gasteiger partial charge in [0.05, 0.1) is 6.21 Å². The lowest BCUT2D eigenvalue weighted by Crippen LogP contribution is -2.24. The number of para-hydroxylation sites is 1. The third kappa shape index (κ3) is 5.55. The molecule has 6 nitrogen and oxygen atoms in total. The fourth-order valence-electron chi connectivity index (χ4n) is 1.71. The number of phenols is 1. The van der Waals surface area contributed by atoms with E-state index in [-0.39, 0.29) is 12.2 Å². The van der Waals surface area contributed by atoms with Crippen molar-refractivity contribution in [1.29, 1.82) is 0 Å². The number of carbonyl (C=O) groups is 2. The van der Waals surface area contributed by atoms with Gasteiger partial charge < -0.3 is 10.4 Å². The van der Waals surface area contributed by atoms with E-state index in [2.05, 4.69) is 31.8 Å². The summed E-state index contributed by atoms with van der Waals surface area (Å²) in [5.41, 5.74) is 3.29. The monoisotopic (exact) mass is 375 g/mol. The molecule has 23 heavy (non-hydrogen) atoms. The van der Waals surface area contributed by atoms with Crippen LogP contribution < -0.4 is 10.7 Å². The minimum Gasteiger partial charge on any atom is -0.507 e. The zero-order valence-electron chi connectivity index (χ0n) is 12.0. The van der Waals surface area contributed by atoms with Crippen molar-refractivity contribution in [3.05, 3.63) is 58.6 Å². The second kappa shape index (κ2) is 8.09. The Hall–Kier alpha value is -2.67. The number of carbonyl (C=O) groups excluding carboxylic acids is 2.